The molecule has 1 N–H and O–H groups in total. The molecule has 0 bridgehead atoms. The number of rotatable bonds is 5. The minimum absolute atomic E-state index is 0.632. The van der Waals surface area contributed by atoms with E-state index in [4.69, 9.17) is 14.2 Å². The summed E-state index contributed by atoms with van der Waals surface area (Å²) >= 11 is 0. The Bertz CT molecular complexity index is 341. The van der Waals surface area contributed by atoms with Crippen molar-refractivity contribution < 1.29 is 14.2 Å². The van der Waals surface area contributed by atoms with E-state index >= 15 is 0 Å². The molecule has 0 atom stereocenters. The summed E-state index contributed by atoms with van der Waals surface area (Å²) in [6, 6.07) is 6.03. The number of nitrogens with one attached hydrogen (secondary N) is 1. The van der Waals surface area contributed by atoms with Crippen LogP contribution in [0.3, 0.4) is 0 Å². The highest BCUT2D eigenvalue weighted by Gasteiger charge is 2.11. The smallest absolute Gasteiger partial charge is 0.161 e. The van der Waals surface area contributed by atoms with Crippen molar-refractivity contribution in [3.63, 3.8) is 0 Å². The van der Waals surface area contributed by atoms with E-state index in [1.165, 1.54) is 5.56 Å². The van der Waals surface area contributed by atoms with Crippen LogP contribution in [0.1, 0.15) is 5.56 Å². The zero-order chi connectivity index (χ0) is 11.2. The number of methoxy groups -OCH3 is 1. The van der Waals surface area contributed by atoms with Crippen LogP contribution in [-0.2, 0) is 11.3 Å². The fourth-order valence-corrected chi connectivity index (χ4v) is 1.60. The molecule has 0 saturated carbocycles. The van der Waals surface area contributed by atoms with Crippen LogP contribution in [0.5, 0.6) is 11.5 Å². The average Bonchev–Trinajstić information content (AvgIpc) is 2.34. The fraction of sp³-hybridized carbons (Fsp3) is 0.500. The Balaban J connectivity index is 1.90. The number of benzene rings is 1. The Kier molecular flexibility index (Phi) is 4.02. The normalized spacial score (nSPS) is 13.8. The van der Waals surface area contributed by atoms with E-state index in [2.05, 4.69) is 5.32 Å². The molecule has 4 heteroatoms. The molecule has 0 aliphatic carbocycles. The molecule has 1 heterocycles. The van der Waals surface area contributed by atoms with Crippen molar-refractivity contribution in [1.82, 2.24) is 5.32 Å². The number of hydrogen-bond donors (Lipinski definition) is 1. The molecule has 1 aliphatic rings. The zero-order valence-corrected chi connectivity index (χ0v) is 9.49. The van der Waals surface area contributed by atoms with E-state index in [1.54, 1.807) is 7.11 Å². The van der Waals surface area contributed by atoms with Crippen LogP contribution in [-0.4, -0.2) is 33.5 Å². The Morgan fingerprint density at radius 1 is 1.25 bits per heavy atom. The minimum Gasteiger partial charge on any atom is -0.486 e. The fourth-order valence-electron chi connectivity index (χ4n) is 1.60. The highest BCUT2D eigenvalue weighted by atomic mass is 16.6. The standard InChI is InChI=1S/C12H17NO3/c1-14-5-4-13-9-10-2-3-11-12(8-10)16-7-6-15-11/h2-3,8,13H,4-7,9H2,1H3. The summed E-state index contributed by atoms with van der Waals surface area (Å²) in [4.78, 5) is 0. The van der Waals surface area contributed by atoms with E-state index in [-0.39, 0.29) is 0 Å². The van der Waals surface area contributed by atoms with Crippen LogP contribution >= 0.6 is 0 Å². The van der Waals surface area contributed by atoms with Crippen LogP contribution in [0.15, 0.2) is 18.2 Å². The molecule has 0 saturated heterocycles. The van der Waals surface area contributed by atoms with E-state index < -0.39 is 0 Å². The molecule has 88 valence electrons. The maximum atomic E-state index is 5.51. The molecule has 1 aromatic carbocycles. The largest absolute Gasteiger partial charge is 0.486 e. The molecule has 0 aromatic heterocycles. The molecule has 0 fully saturated rings. The molecule has 0 radical (unpaired) electrons. The van der Waals surface area contributed by atoms with Crippen LogP contribution in [0.25, 0.3) is 0 Å². The summed E-state index contributed by atoms with van der Waals surface area (Å²) in [7, 11) is 1.70. The number of hydrogen-bond acceptors (Lipinski definition) is 4. The second-order valence-electron chi connectivity index (χ2n) is 3.65. The lowest BCUT2D eigenvalue weighted by atomic mass is 10.2. The van der Waals surface area contributed by atoms with Crippen molar-refractivity contribution >= 4 is 0 Å². The third-order valence-corrected chi connectivity index (χ3v) is 2.42. The van der Waals surface area contributed by atoms with Crippen LogP contribution in [0.4, 0.5) is 0 Å². The Morgan fingerprint density at radius 3 is 2.88 bits per heavy atom. The van der Waals surface area contributed by atoms with Gasteiger partial charge in [0.15, 0.2) is 11.5 Å². The van der Waals surface area contributed by atoms with Crippen molar-refractivity contribution in [2.45, 2.75) is 6.54 Å². The van der Waals surface area contributed by atoms with Crippen LogP contribution in [0, 0.1) is 0 Å². The lowest BCUT2D eigenvalue weighted by Gasteiger charge is -2.18. The molecule has 0 unspecified atom stereocenters. The SMILES string of the molecule is COCCNCc1ccc2c(c1)OCCO2. The summed E-state index contributed by atoms with van der Waals surface area (Å²) in [6.45, 7) is 3.67. The maximum absolute atomic E-state index is 5.51. The molecular weight excluding hydrogens is 206 g/mol. The topological polar surface area (TPSA) is 39.7 Å². The van der Waals surface area contributed by atoms with Crippen LogP contribution in [0.2, 0.25) is 0 Å². The predicted molar refractivity (Wildman–Crippen MR) is 61.0 cm³/mol. The lowest BCUT2D eigenvalue weighted by molar-refractivity contribution is 0.171. The second-order valence-corrected chi connectivity index (χ2v) is 3.65. The Hall–Kier alpha value is -1.26. The lowest BCUT2D eigenvalue weighted by Crippen LogP contribution is -2.19. The number of fused-ring (bicyclic) bond motifs is 1. The quantitative estimate of drug-likeness (QED) is 0.761. The van der Waals surface area contributed by atoms with Gasteiger partial charge in [-0.3, -0.25) is 0 Å². The Morgan fingerprint density at radius 2 is 2.06 bits per heavy atom. The molecule has 16 heavy (non-hydrogen) atoms. The first kappa shape index (κ1) is 11.2. The highest BCUT2D eigenvalue weighted by molar-refractivity contribution is 5.43. The van der Waals surface area contributed by atoms with Crippen molar-refractivity contribution in [1.29, 1.82) is 0 Å². The second kappa shape index (κ2) is 5.72. The monoisotopic (exact) mass is 223 g/mol. The number of ether oxygens (including phenoxy) is 3. The van der Waals surface area contributed by atoms with E-state index in [0.29, 0.717) is 13.2 Å². The van der Waals surface area contributed by atoms with Gasteiger partial charge in [-0.15, -0.1) is 0 Å². The van der Waals surface area contributed by atoms with Gasteiger partial charge in [-0.25, -0.2) is 0 Å². The third-order valence-electron chi connectivity index (χ3n) is 2.42. The van der Waals surface area contributed by atoms with Gasteiger partial charge in [0.05, 0.1) is 6.61 Å². The molecule has 0 amide bonds. The summed E-state index contributed by atoms with van der Waals surface area (Å²) < 4.78 is 15.9. The minimum atomic E-state index is 0.632. The molecular formula is C12H17NO3. The average molecular weight is 223 g/mol. The van der Waals surface area contributed by atoms with Gasteiger partial charge in [-0.2, -0.15) is 0 Å². The molecule has 0 spiro atoms. The third kappa shape index (κ3) is 2.87. The Labute approximate surface area is 95.5 Å². The van der Waals surface area contributed by atoms with Gasteiger partial charge in [0.25, 0.3) is 0 Å². The van der Waals surface area contributed by atoms with Crippen molar-refractivity contribution in [2.75, 3.05) is 33.5 Å². The van der Waals surface area contributed by atoms with Crippen molar-refractivity contribution in [2.24, 2.45) is 0 Å². The van der Waals surface area contributed by atoms with E-state index in [1.807, 2.05) is 18.2 Å². The summed E-state index contributed by atoms with van der Waals surface area (Å²) in [5.41, 5.74) is 1.19. The van der Waals surface area contributed by atoms with Gasteiger partial charge in [-0.1, -0.05) is 6.07 Å². The van der Waals surface area contributed by atoms with Crippen LogP contribution < -0.4 is 14.8 Å². The molecule has 1 aromatic rings. The molecule has 1 aliphatic heterocycles. The van der Waals surface area contributed by atoms with Gasteiger partial charge in [0.1, 0.15) is 13.2 Å². The first-order valence-electron chi connectivity index (χ1n) is 5.48. The highest BCUT2D eigenvalue weighted by Crippen LogP contribution is 2.30. The van der Waals surface area contributed by atoms with Crippen molar-refractivity contribution in [3.8, 4) is 11.5 Å². The molecule has 4 nitrogen and oxygen atoms in total. The predicted octanol–water partition coefficient (Wildman–Crippen LogP) is 1.19. The summed E-state index contributed by atoms with van der Waals surface area (Å²) in [5, 5.41) is 3.29. The zero-order valence-electron chi connectivity index (χ0n) is 9.49. The first-order valence-corrected chi connectivity index (χ1v) is 5.48. The van der Waals surface area contributed by atoms with Gasteiger partial charge in [0.2, 0.25) is 0 Å². The maximum Gasteiger partial charge on any atom is 0.161 e. The van der Waals surface area contributed by atoms with Gasteiger partial charge < -0.3 is 19.5 Å². The summed E-state index contributed by atoms with van der Waals surface area (Å²) in [5.74, 6) is 1.68. The van der Waals surface area contributed by atoms with Gasteiger partial charge in [-0.05, 0) is 17.7 Å². The summed E-state index contributed by atoms with van der Waals surface area (Å²) in [6.07, 6.45) is 0. The van der Waals surface area contributed by atoms with Gasteiger partial charge >= 0.3 is 0 Å². The van der Waals surface area contributed by atoms with Gasteiger partial charge in [0, 0.05) is 20.2 Å². The van der Waals surface area contributed by atoms with Crippen molar-refractivity contribution in [3.05, 3.63) is 23.8 Å². The molecule has 2 rings (SSSR count). The van der Waals surface area contributed by atoms with E-state index in [0.717, 1.165) is 31.2 Å². The van der Waals surface area contributed by atoms with E-state index in [9.17, 15) is 0 Å². The first-order chi connectivity index (χ1) is 7.90.